The summed E-state index contributed by atoms with van der Waals surface area (Å²) < 4.78 is 0. The Bertz CT molecular complexity index is 1750. The molecule has 0 spiro atoms. The predicted molar refractivity (Wildman–Crippen MR) is 196 cm³/mol. The summed E-state index contributed by atoms with van der Waals surface area (Å²) >= 11 is 0. The molecule has 0 saturated heterocycles. The maximum atomic E-state index is 5.50. The van der Waals surface area contributed by atoms with E-state index < -0.39 is 0 Å². The van der Waals surface area contributed by atoms with E-state index in [9.17, 15) is 0 Å². The molecule has 5 heterocycles. The van der Waals surface area contributed by atoms with Gasteiger partial charge in [0, 0.05) is 47.8 Å². The molecule has 50 heavy (non-hydrogen) atoms. The normalized spacial score (nSPS) is 26.6. The molecule has 0 aliphatic carbocycles. The molecule has 8 bridgehead atoms. The summed E-state index contributed by atoms with van der Waals surface area (Å²) in [5.41, 5.74) is 9.42. The largest absolute Gasteiger partial charge is 2.00 e. The van der Waals surface area contributed by atoms with Crippen LogP contribution in [0.2, 0.25) is 0 Å². The van der Waals surface area contributed by atoms with E-state index in [4.69, 9.17) is 9.97 Å². The monoisotopic (exact) mass is 691 g/mol. The first kappa shape index (κ1) is 33.9. The number of aromatic nitrogens is 2. The summed E-state index contributed by atoms with van der Waals surface area (Å²) in [5, 5.41) is 8.13. The first-order valence-electron chi connectivity index (χ1n) is 17.2. The fourth-order valence-corrected chi connectivity index (χ4v) is 8.35. The topological polar surface area (TPSA) is 83.8 Å². The molecule has 0 saturated carbocycles. The molecule has 2 aromatic heterocycles. The van der Waals surface area contributed by atoms with Gasteiger partial charge in [-0.15, -0.1) is 0 Å². The van der Waals surface area contributed by atoms with Crippen LogP contribution in [0.5, 0.6) is 0 Å². The van der Waals surface area contributed by atoms with Crippen molar-refractivity contribution in [3.05, 3.63) is 215 Å². The second-order valence-corrected chi connectivity index (χ2v) is 13.3. The molecule has 9 rings (SSSR count). The number of hydrogen-bond acceptors (Lipinski definition) is 2. The van der Waals surface area contributed by atoms with Crippen molar-refractivity contribution in [1.82, 2.24) is 20.6 Å². The van der Waals surface area contributed by atoms with E-state index in [1.54, 1.807) is 0 Å². The summed E-state index contributed by atoms with van der Waals surface area (Å²) in [7, 11) is 0. The van der Waals surface area contributed by atoms with Crippen LogP contribution >= 0.6 is 0 Å². The third-order valence-electron chi connectivity index (χ3n) is 10.5. The van der Waals surface area contributed by atoms with Crippen LogP contribution in [-0.2, 0) is 18.6 Å². The summed E-state index contributed by atoms with van der Waals surface area (Å²) in [6, 6.07) is 52.7. The van der Waals surface area contributed by atoms with Crippen molar-refractivity contribution in [3.63, 3.8) is 0 Å². The van der Waals surface area contributed by atoms with Crippen LogP contribution in [0.15, 0.2) is 170 Å². The Hall–Kier alpha value is -4.62. The number of rotatable bonds is 4. The molecular weight excluding hydrogens is 651 g/mol. The minimum atomic E-state index is 0. The van der Waals surface area contributed by atoms with Crippen molar-refractivity contribution >= 4 is 0 Å². The molecule has 0 fully saturated rings. The van der Waals surface area contributed by atoms with Crippen molar-refractivity contribution in [1.29, 1.82) is 0 Å². The fraction of sp³-hybridized carbons (Fsp3) is 0.182. The van der Waals surface area contributed by atoms with Gasteiger partial charge in [0.25, 0.3) is 0 Å². The summed E-state index contributed by atoms with van der Waals surface area (Å²) in [5.74, 6) is 0.250. The van der Waals surface area contributed by atoms with Gasteiger partial charge in [-0.3, -0.25) is 0 Å². The molecule has 5 nitrogen and oxygen atoms in total. The third-order valence-corrected chi connectivity index (χ3v) is 10.5. The van der Waals surface area contributed by atoms with E-state index in [2.05, 4.69) is 181 Å². The zero-order chi connectivity index (χ0) is 31.9. The van der Waals surface area contributed by atoms with E-state index in [1.807, 2.05) is 0 Å². The maximum absolute atomic E-state index is 5.50. The average Bonchev–Trinajstić information content (AvgIpc) is 3.98. The van der Waals surface area contributed by atoms with E-state index in [0.717, 1.165) is 22.8 Å². The summed E-state index contributed by atoms with van der Waals surface area (Å²) in [6.45, 7) is 0. The van der Waals surface area contributed by atoms with E-state index in [0.29, 0.717) is 0 Å². The molecule has 4 aromatic carbocycles. The fourth-order valence-electron chi connectivity index (χ4n) is 8.35. The van der Waals surface area contributed by atoms with Gasteiger partial charge in [-0.2, -0.15) is 22.8 Å². The van der Waals surface area contributed by atoms with Crippen LogP contribution in [0.4, 0.5) is 0 Å². The van der Waals surface area contributed by atoms with Crippen LogP contribution in [-0.4, -0.2) is 29.6 Å². The summed E-state index contributed by atoms with van der Waals surface area (Å²) in [6.07, 6.45) is 9.45. The number of fused-ring (bicyclic) bond motifs is 8. The van der Waals surface area contributed by atoms with Crippen LogP contribution in [0, 0.1) is 0 Å². The minimum Gasteiger partial charge on any atom is -0.664 e. The van der Waals surface area contributed by atoms with Gasteiger partial charge >= 0.3 is 18.6 Å². The molecule has 3 aliphatic rings. The smallest absolute Gasteiger partial charge is 0.664 e. The number of hydrogen-bond donors (Lipinski definition) is 2. The molecule has 247 valence electrons. The Morgan fingerprint density at radius 3 is 0.760 bits per heavy atom. The van der Waals surface area contributed by atoms with E-state index >= 15 is 0 Å². The van der Waals surface area contributed by atoms with Crippen LogP contribution in [0.25, 0.3) is 0 Å². The van der Waals surface area contributed by atoms with Gasteiger partial charge in [0.15, 0.2) is 0 Å². The molecule has 8 atom stereocenters. The van der Waals surface area contributed by atoms with Crippen molar-refractivity contribution in [2.75, 3.05) is 0 Å². The summed E-state index contributed by atoms with van der Waals surface area (Å²) in [4.78, 5) is 11.0. The first-order valence-corrected chi connectivity index (χ1v) is 17.2. The minimum absolute atomic E-state index is 0. The maximum Gasteiger partial charge on any atom is 2.00 e. The standard InChI is InChI=1S/C44H38N4.H2O.V/c1-5-13-29(14-6-1)41-33-21-23-35(45-33)42(30-15-7-2-8-16-30)37-25-27-39(47-37)44(32-19-11-4-12-20-32)40-28-26-38(48-40)43(31-17-9-3-10-18-31)36-24-22-34(41)46-36;;/h1-28,33,35,38,40-45,48H;1H2;/q-2;;+2. The van der Waals surface area contributed by atoms with Gasteiger partial charge in [-0.25, -0.2) is 0 Å². The molecular formula is C44H40N4OV. The predicted octanol–water partition coefficient (Wildman–Crippen LogP) is 6.81. The van der Waals surface area contributed by atoms with Gasteiger partial charge in [-0.05, 0) is 22.3 Å². The Kier molecular flexibility index (Phi) is 9.96. The number of nitrogens with zero attached hydrogens (tertiary/aromatic N) is 2. The van der Waals surface area contributed by atoms with E-state index in [-0.39, 0.29) is 71.9 Å². The Morgan fingerprint density at radius 1 is 0.320 bits per heavy atom. The second kappa shape index (κ2) is 14.7. The molecule has 3 aliphatic heterocycles. The van der Waals surface area contributed by atoms with Crippen LogP contribution in [0.1, 0.15) is 68.7 Å². The number of benzene rings is 4. The van der Waals surface area contributed by atoms with Crippen molar-refractivity contribution < 1.29 is 24.0 Å². The molecule has 0 amide bonds. The van der Waals surface area contributed by atoms with Gasteiger partial charge < -0.3 is 26.1 Å². The first-order chi connectivity index (χ1) is 23.8. The van der Waals surface area contributed by atoms with Gasteiger partial charge in [0.1, 0.15) is 0 Å². The quantitative estimate of drug-likeness (QED) is 0.199. The molecule has 6 aromatic rings. The Morgan fingerprint density at radius 2 is 0.540 bits per heavy atom. The van der Waals surface area contributed by atoms with Gasteiger partial charge in [0.2, 0.25) is 0 Å². The van der Waals surface area contributed by atoms with Gasteiger partial charge in [0.05, 0.1) is 0 Å². The van der Waals surface area contributed by atoms with Crippen LogP contribution < -0.4 is 20.6 Å². The van der Waals surface area contributed by atoms with E-state index in [1.165, 1.54) is 22.3 Å². The zero-order valence-corrected chi connectivity index (χ0v) is 29.0. The van der Waals surface area contributed by atoms with Crippen molar-refractivity contribution in [2.24, 2.45) is 0 Å². The second-order valence-electron chi connectivity index (χ2n) is 13.3. The van der Waals surface area contributed by atoms with Crippen LogP contribution in [0.3, 0.4) is 0 Å². The van der Waals surface area contributed by atoms with Crippen molar-refractivity contribution in [2.45, 2.75) is 47.8 Å². The SMILES string of the molecule is C1=CC2NC1C(c1ccccc1)c1ccc([n-]1)C(c1ccccc1)C1C=CC(N1)C(c1ccccc1)c1ccc([n-]1)C2c1ccccc1.O.[V+2]. The molecule has 1 radical (unpaired) electrons. The van der Waals surface area contributed by atoms with Crippen molar-refractivity contribution in [3.8, 4) is 0 Å². The molecule has 4 N–H and O–H groups in total. The molecule has 8 unspecified atom stereocenters. The zero-order valence-electron chi connectivity index (χ0n) is 27.6. The Balaban J connectivity index is 0.00000196. The number of nitrogens with one attached hydrogen (secondary N) is 2. The van der Waals surface area contributed by atoms with Gasteiger partial charge in [-0.1, -0.05) is 170 Å². The molecule has 6 heteroatoms. The Labute approximate surface area is 306 Å². The third kappa shape index (κ3) is 6.28. The average molecular weight is 692 g/mol.